The number of hydrogen-bond donors (Lipinski definition) is 1. The van der Waals surface area contributed by atoms with Gasteiger partial charge in [-0.05, 0) is 33.9 Å². The van der Waals surface area contributed by atoms with Gasteiger partial charge >= 0.3 is 0 Å². The summed E-state index contributed by atoms with van der Waals surface area (Å²) < 4.78 is 0. The van der Waals surface area contributed by atoms with Crippen LogP contribution in [0.1, 0.15) is 26.7 Å². The molecule has 2 atom stereocenters. The van der Waals surface area contributed by atoms with Crippen LogP contribution in [0.25, 0.3) is 0 Å². The molecule has 0 spiro atoms. The summed E-state index contributed by atoms with van der Waals surface area (Å²) in [6, 6.07) is 0.488. The van der Waals surface area contributed by atoms with E-state index >= 15 is 0 Å². The standard InChI is InChI=1S/C11H23N3O/c1-5-11(2,12)10(15)14-7-6-9(8-14)13(3)4/h9H,5-8,12H2,1-4H3. The lowest BCUT2D eigenvalue weighted by molar-refractivity contribution is -0.135. The summed E-state index contributed by atoms with van der Waals surface area (Å²) in [7, 11) is 4.11. The van der Waals surface area contributed by atoms with Crippen molar-refractivity contribution >= 4 is 5.91 Å². The molecule has 88 valence electrons. The van der Waals surface area contributed by atoms with E-state index in [1.165, 1.54) is 0 Å². The summed E-state index contributed by atoms with van der Waals surface area (Å²) in [5, 5.41) is 0. The number of rotatable bonds is 3. The van der Waals surface area contributed by atoms with Gasteiger partial charge in [-0.15, -0.1) is 0 Å². The van der Waals surface area contributed by atoms with Gasteiger partial charge in [-0.25, -0.2) is 0 Å². The monoisotopic (exact) mass is 213 g/mol. The predicted octanol–water partition coefficient (Wildman–Crippen LogP) is 0.276. The Balaban J connectivity index is 2.58. The van der Waals surface area contributed by atoms with Gasteiger partial charge in [-0.2, -0.15) is 0 Å². The highest BCUT2D eigenvalue weighted by Crippen LogP contribution is 2.18. The van der Waals surface area contributed by atoms with Gasteiger partial charge in [0, 0.05) is 19.1 Å². The molecule has 4 heteroatoms. The van der Waals surface area contributed by atoms with Gasteiger partial charge in [0.2, 0.25) is 5.91 Å². The quantitative estimate of drug-likeness (QED) is 0.732. The van der Waals surface area contributed by atoms with Gasteiger partial charge in [-0.3, -0.25) is 4.79 Å². The van der Waals surface area contributed by atoms with Crippen molar-refractivity contribution in [1.82, 2.24) is 9.80 Å². The third-order valence-electron chi connectivity index (χ3n) is 3.40. The summed E-state index contributed by atoms with van der Waals surface area (Å²) >= 11 is 0. The Kier molecular flexibility index (Phi) is 3.73. The van der Waals surface area contributed by atoms with Gasteiger partial charge in [0.25, 0.3) is 0 Å². The third kappa shape index (κ3) is 2.69. The Morgan fingerprint density at radius 2 is 2.20 bits per heavy atom. The summed E-state index contributed by atoms with van der Waals surface area (Å²) in [4.78, 5) is 16.1. The van der Waals surface area contributed by atoms with Gasteiger partial charge < -0.3 is 15.5 Å². The third-order valence-corrected chi connectivity index (χ3v) is 3.40. The molecule has 4 nitrogen and oxygen atoms in total. The minimum absolute atomic E-state index is 0.0920. The maximum absolute atomic E-state index is 12.0. The topological polar surface area (TPSA) is 49.6 Å². The molecule has 0 aromatic rings. The van der Waals surface area contributed by atoms with E-state index in [1.807, 2.05) is 18.7 Å². The Morgan fingerprint density at radius 3 is 2.60 bits per heavy atom. The van der Waals surface area contributed by atoms with Crippen molar-refractivity contribution in [3.8, 4) is 0 Å². The van der Waals surface area contributed by atoms with Crippen LogP contribution in [-0.2, 0) is 4.79 Å². The van der Waals surface area contributed by atoms with Gasteiger partial charge in [0.15, 0.2) is 0 Å². The molecule has 1 aliphatic rings. The zero-order valence-electron chi connectivity index (χ0n) is 10.3. The van der Waals surface area contributed by atoms with Crippen molar-refractivity contribution in [2.24, 2.45) is 5.73 Å². The number of amides is 1. The van der Waals surface area contributed by atoms with Crippen molar-refractivity contribution < 1.29 is 4.79 Å². The molecule has 0 bridgehead atoms. The lowest BCUT2D eigenvalue weighted by Gasteiger charge is -2.28. The lowest BCUT2D eigenvalue weighted by atomic mass is 9.99. The largest absolute Gasteiger partial charge is 0.339 e. The molecule has 1 heterocycles. The molecule has 1 fully saturated rings. The lowest BCUT2D eigenvalue weighted by Crippen LogP contribution is -2.52. The fraction of sp³-hybridized carbons (Fsp3) is 0.909. The first-order valence-corrected chi connectivity index (χ1v) is 5.63. The molecular weight excluding hydrogens is 190 g/mol. The maximum Gasteiger partial charge on any atom is 0.242 e. The van der Waals surface area contributed by atoms with Crippen LogP contribution >= 0.6 is 0 Å². The van der Waals surface area contributed by atoms with Crippen LogP contribution in [0, 0.1) is 0 Å². The van der Waals surface area contributed by atoms with Crippen molar-refractivity contribution in [3.63, 3.8) is 0 Å². The molecule has 1 amide bonds. The van der Waals surface area contributed by atoms with Crippen LogP contribution in [0.4, 0.5) is 0 Å². The van der Waals surface area contributed by atoms with Gasteiger partial charge in [0.1, 0.15) is 0 Å². The molecule has 15 heavy (non-hydrogen) atoms. The summed E-state index contributed by atoms with van der Waals surface area (Å²) in [6.07, 6.45) is 1.74. The van der Waals surface area contributed by atoms with Crippen LogP contribution in [-0.4, -0.2) is 54.5 Å². The molecule has 1 saturated heterocycles. The smallest absolute Gasteiger partial charge is 0.242 e. The number of carbonyl (C=O) groups is 1. The van der Waals surface area contributed by atoms with E-state index in [0.717, 1.165) is 19.5 Å². The summed E-state index contributed by atoms with van der Waals surface area (Å²) in [6.45, 7) is 5.43. The van der Waals surface area contributed by atoms with E-state index in [0.29, 0.717) is 12.5 Å². The first-order chi connectivity index (χ1) is 6.88. The van der Waals surface area contributed by atoms with E-state index in [1.54, 1.807) is 0 Å². The zero-order chi connectivity index (χ0) is 11.6. The molecule has 0 aromatic carbocycles. The highest BCUT2D eigenvalue weighted by atomic mass is 16.2. The van der Waals surface area contributed by atoms with Crippen molar-refractivity contribution in [1.29, 1.82) is 0 Å². The molecular formula is C11H23N3O. The molecule has 0 aromatic heterocycles. The Morgan fingerprint density at radius 1 is 1.60 bits per heavy atom. The highest BCUT2D eigenvalue weighted by molar-refractivity contribution is 5.85. The highest BCUT2D eigenvalue weighted by Gasteiger charge is 2.35. The molecule has 0 radical (unpaired) electrons. The molecule has 0 aliphatic carbocycles. The van der Waals surface area contributed by atoms with Crippen LogP contribution in [0.2, 0.25) is 0 Å². The predicted molar refractivity (Wildman–Crippen MR) is 61.6 cm³/mol. The molecule has 1 rings (SSSR count). The average Bonchev–Trinajstić information content (AvgIpc) is 2.65. The van der Waals surface area contributed by atoms with E-state index in [9.17, 15) is 4.79 Å². The van der Waals surface area contributed by atoms with E-state index in [-0.39, 0.29) is 5.91 Å². The minimum atomic E-state index is -0.693. The second kappa shape index (κ2) is 4.49. The Bertz CT molecular complexity index is 238. The fourth-order valence-corrected chi connectivity index (χ4v) is 1.86. The number of nitrogens with zero attached hydrogens (tertiary/aromatic N) is 2. The fourth-order valence-electron chi connectivity index (χ4n) is 1.86. The Hall–Kier alpha value is -0.610. The van der Waals surface area contributed by atoms with Crippen LogP contribution in [0.5, 0.6) is 0 Å². The first kappa shape index (κ1) is 12.5. The number of likely N-dealkylation sites (tertiary alicyclic amines) is 1. The first-order valence-electron chi connectivity index (χ1n) is 5.63. The van der Waals surface area contributed by atoms with Crippen molar-refractivity contribution in [3.05, 3.63) is 0 Å². The minimum Gasteiger partial charge on any atom is -0.339 e. The molecule has 1 aliphatic heterocycles. The maximum atomic E-state index is 12.0. The van der Waals surface area contributed by atoms with Crippen LogP contribution in [0.15, 0.2) is 0 Å². The normalized spacial score (nSPS) is 25.7. The SMILES string of the molecule is CCC(C)(N)C(=O)N1CCC(N(C)C)C1. The van der Waals surface area contributed by atoms with Crippen LogP contribution < -0.4 is 5.73 Å². The van der Waals surface area contributed by atoms with Gasteiger partial charge in [-0.1, -0.05) is 6.92 Å². The number of likely N-dealkylation sites (N-methyl/N-ethyl adjacent to an activating group) is 1. The summed E-state index contributed by atoms with van der Waals surface area (Å²) in [5.74, 6) is 0.0920. The molecule has 2 N–H and O–H groups in total. The van der Waals surface area contributed by atoms with Crippen molar-refractivity contribution in [2.45, 2.75) is 38.3 Å². The number of carbonyl (C=O) groups excluding carboxylic acids is 1. The van der Waals surface area contributed by atoms with E-state index in [4.69, 9.17) is 5.73 Å². The Labute approximate surface area is 92.4 Å². The second-order valence-corrected chi connectivity index (χ2v) is 4.93. The molecule has 2 unspecified atom stereocenters. The average molecular weight is 213 g/mol. The molecule has 0 saturated carbocycles. The number of hydrogen-bond acceptors (Lipinski definition) is 3. The van der Waals surface area contributed by atoms with E-state index < -0.39 is 5.54 Å². The zero-order valence-corrected chi connectivity index (χ0v) is 10.3. The van der Waals surface area contributed by atoms with Crippen LogP contribution in [0.3, 0.4) is 0 Å². The van der Waals surface area contributed by atoms with E-state index in [2.05, 4.69) is 19.0 Å². The second-order valence-electron chi connectivity index (χ2n) is 4.93. The van der Waals surface area contributed by atoms with Gasteiger partial charge in [0.05, 0.1) is 5.54 Å². The number of nitrogens with two attached hydrogens (primary N) is 1. The summed E-state index contributed by atoms with van der Waals surface area (Å²) in [5.41, 5.74) is 5.26. The van der Waals surface area contributed by atoms with Crippen molar-refractivity contribution in [2.75, 3.05) is 27.2 Å².